The van der Waals surface area contributed by atoms with Crippen LogP contribution in [0.1, 0.15) is 37.0 Å². The minimum atomic E-state index is -0.572. The number of carbonyl (C=O) groups is 2. The number of nitrogens with one attached hydrogen (secondary N) is 1. The number of nitrogens with zero attached hydrogens (tertiary/aromatic N) is 1. The van der Waals surface area contributed by atoms with E-state index in [-0.39, 0.29) is 0 Å². The van der Waals surface area contributed by atoms with Crippen LogP contribution in [0.4, 0.5) is 11.4 Å². The number of halogens is 1. The molecule has 5 heteroatoms. The summed E-state index contributed by atoms with van der Waals surface area (Å²) in [6, 6.07) is 3.44. The van der Waals surface area contributed by atoms with Gasteiger partial charge in [-0.1, -0.05) is 25.4 Å². The predicted octanol–water partition coefficient (Wildman–Crippen LogP) is 3.35. The summed E-state index contributed by atoms with van der Waals surface area (Å²) in [6.45, 7) is 6.46. The fourth-order valence-corrected chi connectivity index (χ4v) is 3.49. The average molecular weight is 307 g/mol. The molecule has 1 saturated heterocycles. The molecule has 2 heterocycles. The van der Waals surface area contributed by atoms with Crippen molar-refractivity contribution in [2.75, 3.05) is 23.3 Å². The van der Waals surface area contributed by atoms with Gasteiger partial charge < -0.3 is 10.2 Å². The van der Waals surface area contributed by atoms with E-state index in [0.717, 1.165) is 37.5 Å². The molecule has 1 N–H and O–H groups in total. The highest BCUT2D eigenvalue weighted by Crippen LogP contribution is 2.37. The Morgan fingerprint density at radius 3 is 2.52 bits per heavy atom. The minimum absolute atomic E-state index is 0.380. The Labute approximate surface area is 129 Å². The lowest BCUT2D eigenvalue weighted by molar-refractivity contribution is -0.112. The molecule has 0 radical (unpaired) electrons. The van der Waals surface area contributed by atoms with E-state index in [0.29, 0.717) is 22.2 Å². The molecule has 0 unspecified atom stereocenters. The van der Waals surface area contributed by atoms with Gasteiger partial charge >= 0.3 is 0 Å². The van der Waals surface area contributed by atoms with Gasteiger partial charge in [-0.25, -0.2) is 0 Å². The molecule has 0 atom stereocenters. The van der Waals surface area contributed by atoms with Crippen molar-refractivity contribution in [1.82, 2.24) is 0 Å². The number of ketones is 1. The van der Waals surface area contributed by atoms with Crippen molar-refractivity contribution in [2.45, 2.75) is 26.7 Å². The van der Waals surface area contributed by atoms with Crippen molar-refractivity contribution >= 4 is 34.7 Å². The van der Waals surface area contributed by atoms with Gasteiger partial charge in [0.2, 0.25) is 0 Å². The monoisotopic (exact) mass is 306 g/mol. The number of hydrogen-bond acceptors (Lipinski definition) is 3. The number of anilines is 2. The number of hydrogen-bond donors (Lipinski definition) is 1. The number of piperidine rings is 1. The highest BCUT2D eigenvalue weighted by Gasteiger charge is 2.30. The summed E-state index contributed by atoms with van der Waals surface area (Å²) in [6.07, 6.45) is 2.30. The quantitative estimate of drug-likeness (QED) is 0.853. The van der Waals surface area contributed by atoms with Crippen molar-refractivity contribution in [2.24, 2.45) is 11.8 Å². The first-order valence-electron chi connectivity index (χ1n) is 7.41. The first kappa shape index (κ1) is 14.4. The summed E-state index contributed by atoms with van der Waals surface area (Å²) in [7, 11) is 0. The first-order valence-corrected chi connectivity index (χ1v) is 7.79. The lowest BCUT2D eigenvalue weighted by Crippen LogP contribution is -2.35. The van der Waals surface area contributed by atoms with Gasteiger partial charge in [0.1, 0.15) is 0 Å². The molecule has 0 aromatic heterocycles. The van der Waals surface area contributed by atoms with Gasteiger partial charge in [-0.3, -0.25) is 9.59 Å². The molecule has 1 aromatic carbocycles. The van der Waals surface area contributed by atoms with Crippen LogP contribution >= 0.6 is 11.6 Å². The number of rotatable bonds is 2. The van der Waals surface area contributed by atoms with Crippen LogP contribution in [-0.2, 0) is 4.79 Å². The van der Waals surface area contributed by atoms with Gasteiger partial charge in [0, 0.05) is 13.1 Å². The molecule has 4 nitrogen and oxygen atoms in total. The van der Waals surface area contributed by atoms with Crippen LogP contribution in [0.2, 0.25) is 5.02 Å². The van der Waals surface area contributed by atoms with Gasteiger partial charge in [0.15, 0.2) is 0 Å². The highest BCUT2D eigenvalue weighted by atomic mass is 35.5. The van der Waals surface area contributed by atoms with Gasteiger partial charge in [0.05, 0.1) is 22.0 Å². The van der Waals surface area contributed by atoms with E-state index in [1.807, 2.05) is 6.07 Å². The largest absolute Gasteiger partial charge is 0.370 e. The molecule has 21 heavy (non-hydrogen) atoms. The summed E-state index contributed by atoms with van der Waals surface area (Å²) in [4.78, 5) is 25.3. The molecule has 2 aliphatic heterocycles. The standard InChI is InChI=1S/C16H19ClN2O2/c1-9(2)10-3-5-19(6-4-10)14-8-13-11(7-12(14)17)15(20)16(21)18-13/h7-10H,3-6H2,1-2H3,(H,18,20,21). The highest BCUT2D eigenvalue weighted by molar-refractivity contribution is 6.52. The Hall–Kier alpha value is -1.55. The molecule has 0 saturated carbocycles. The summed E-state index contributed by atoms with van der Waals surface area (Å²) >= 11 is 6.32. The second-order valence-electron chi connectivity index (χ2n) is 6.20. The molecule has 1 aromatic rings. The van der Waals surface area contributed by atoms with Crippen molar-refractivity contribution in [3.8, 4) is 0 Å². The van der Waals surface area contributed by atoms with Gasteiger partial charge in [-0.2, -0.15) is 0 Å². The fourth-order valence-electron chi connectivity index (χ4n) is 3.20. The maximum Gasteiger partial charge on any atom is 0.296 e. The van der Waals surface area contributed by atoms with Gasteiger partial charge in [0.25, 0.3) is 11.7 Å². The van der Waals surface area contributed by atoms with E-state index >= 15 is 0 Å². The predicted molar refractivity (Wildman–Crippen MR) is 84.2 cm³/mol. The van der Waals surface area contributed by atoms with Crippen LogP contribution < -0.4 is 10.2 Å². The van der Waals surface area contributed by atoms with Crippen LogP contribution in [0.25, 0.3) is 0 Å². The number of amides is 1. The van der Waals surface area contributed by atoms with Gasteiger partial charge in [-0.05, 0) is 36.8 Å². The van der Waals surface area contributed by atoms with E-state index in [2.05, 4.69) is 24.1 Å². The number of benzene rings is 1. The minimum Gasteiger partial charge on any atom is -0.370 e. The van der Waals surface area contributed by atoms with E-state index in [9.17, 15) is 9.59 Å². The number of fused-ring (bicyclic) bond motifs is 1. The van der Waals surface area contributed by atoms with Crippen LogP contribution in [0.3, 0.4) is 0 Å². The van der Waals surface area contributed by atoms with Gasteiger partial charge in [-0.15, -0.1) is 0 Å². The van der Waals surface area contributed by atoms with Crippen molar-refractivity contribution in [3.05, 3.63) is 22.7 Å². The summed E-state index contributed by atoms with van der Waals surface area (Å²) in [5.74, 6) is 0.393. The zero-order chi connectivity index (χ0) is 15.1. The maximum atomic E-state index is 11.7. The molecule has 1 amide bonds. The SMILES string of the molecule is CC(C)C1CCN(c2cc3c(cc2Cl)C(=O)C(=O)N3)CC1. The van der Waals surface area contributed by atoms with Crippen LogP contribution in [0, 0.1) is 11.8 Å². The lowest BCUT2D eigenvalue weighted by atomic mass is 9.86. The molecule has 1 fully saturated rings. The zero-order valence-electron chi connectivity index (χ0n) is 12.3. The van der Waals surface area contributed by atoms with E-state index in [1.54, 1.807) is 6.07 Å². The number of Topliss-reactive ketones (excluding diaryl/α,β-unsaturated/α-hetero) is 1. The third-order valence-electron chi connectivity index (χ3n) is 4.61. The van der Waals surface area contributed by atoms with Crippen molar-refractivity contribution in [3.63, 3.8) is 0 Å². The third-order valence-corrected chi connectivity index (χ3v) is 4.91. The molecule has 2 aliphatic rings. The molecular weight excluding hydrogens is 288 g/mol. The molecule has 3 rings (SSSR count). The Morgan fingerprint density at radius 1 is 1.24 bits per heavy atom. The Balaban J connectivity index is 1.83. The normalized spacial score (nSPS) is 19.1. The second-order valence-corrected chi connectivity index (χ2v) is 6.61. The van der Waals surface area contributed by atoms with E-state index < -0.39 is 11.7 Å². The van der Waals surface area contributed by atoms with Crippen LogP contribution in [-0.4, -0.2) is 24.8 Å². The van der Waals surface area contributed by atoms with Crippen LogP contribution in [0.15, 0.2) is 12.1 Å². The molecule has 0 bridgehead atoms. The van der Waals surface area contributed by atoms with Crippen molar-refractivity contribution in [1.29, 1.82) is 0 Å². The van der Waals surface area contributed by atoms with E-state index in [4.69, 9.17) is 11.6 Å². The number of carbonyl (C=O) groups excluding carboxylic acids is 2. The Kier molecular flexibility index (Phi) is 3.66. The van der Waals surface area contributed by atoms with E-state index in [1.165, 1.54) is 0 Å². The fraction of sp³-hybridized carbons (Fsp3) is 0.500. The molecular formula is C16H19ClN2O2. The zero-order valence-corrected chi connectivity index (χ0v) is 13.0. The average Bonchev–Trinajstić information content (AvgIpc) is 2.73. The maximum absolute atomic E-state index is 11.7. The third kappa shape index (κ3) is 2.53. The molecule has 112 valence electrons. The van der Waals surface area contributed by atoms with Crippen molar-refractivity contribution < 1.29 is 9.59 Å². The Morgan fingerprint density at radius 2 is 1.90 bits per heavy atom. The lowest BCUT2D eigenvalue weighted by Gasteiger charge is -2.35. The summed E-state index contributed by atoms with van der Waals surface area (Å²) < 4.78 is 0. The first-order chi connectivity index (χ1) is 9.97. The topological polar surface area (TPSA) is 49.4 Å². The summed E-state index contributed by atoms with van der Waals surface area (Å²) in [5.41, 5.74) is 1.87. The molecule has 0 aliphatic carbocycles. The second kappa shape index (κ2) is 5.34. The summed E-state index contributed by atoms with van der Waals surface area (Å²) in [5, 5.41) is 3.15. The Bertz CT molecular complexity index is 605. The molecule has 0 spiro atoms. The van der Waals surface area contributed by atoms with Crippen LogP contribution in [0.5, 0.6) is 0 Å². The smallest absolute Gasteiger partial charge is 0.296 e.